The minimum absolute atomic E-state index is 0.0963. The number of carbonyl (C=O) groups excluding carboxylic acids is 1. The molecular formula is C27H24O6. The molecular weight excluding hydrogens is 420 g/mol. The Morgan fingerprint density at radius 3 is 2.39 bits per heavy atom. The van der Waals surface area contributed by atoms with Crippen molar-refractivity contribution in [3.05, 3.63) is 99.9 Å². The fourth-order valence-electron chi connectivity index (χ4n) is 3.45. The maximum absolute atomic E-state index is 12.9. The van der Waals surface area contributed by atoms with E-state index in [9.17, 15) is 9.59 Å². The number of esters is 1. The van der Waals surface area contributed by atoms with Gasteiger partial charge in [-0.25, -0.2) is 4.79 Å². The van der Waals surface area contributed by atoms with Gasteiger partial charge in [0, 0.05) is 6.07 Å². The fraction of sp³-hybridized carbons (Fsp3) is 0.185. The third kappa shape index (κ3) is 5.41. The van der Waals surface area contributed by atoms with Crippen LogP contribution in [0.15, 0.2) is 82.2 Å². The van der Waals surface area contributed by atoms with Crippen LogP contribution >= 0.6 is 0 Å². The van der Waals surface area contributed by atoms with Gasteiger partial charge < -0.3 is 18.6 Å². The zero-order valence-corrected chi connectivity index (χ0v) is 18.7. The van der Waals surface area contributed by atoms with Crippen LogP contribution in [-0.2, 0) is 16.1 Å². The van der Waals surface area contributed by atoms with Crippen LogP contribution in [-0.4, -0.2) is 12.1 Å². The Bertz CT molecular complexity index is 1320. The molecule has 4 rings (SSSR count). The lowest BCUT2D eigenvalue weighted by Crippen LogP contribution is -2.26. The van der Waals surface area contributed by atoms with Crippen molar-refractivity contribution in [2.75, 3.05) is 0 Å². The van der Waals surface area contributed by atoms with E-state index < -0.39 is 12.1 Å². The molecule has 1 unspecified atom stereocenters. The van der Waals surface area contributed by atoms with E-state index in [1.165, 1.54) is 6.26 Å². The van der Waals surface area contributed by atoms with Crippen molar-refractivity contribution in [2.24, 2.45) is 0 Å². The molecule has 0 aliphatic rings. The van der Waals surface area contributed by atoms with E-state index >= 15 is 0 Å². The molecule has 1 heterocycles. The van der Waals surface area contributed by atoms with Gasteiger partial charge in [0.25, 0.3) is 0 Å². The van der Waals surface area contributed by atoms with Gasteiger partial charge >= 0.3 is 5.97 Å². The molecule has 0 fully saturated rings. The van der Waals surface area contributed by atoms with Gasteiger partial charge in [0.2, 0.25) is 11.2 Å². The predicted molar refractivity (Wildman–Crippen MR) is 125 cm³/mol. The summed E-state index contributed by atoms with van der Waals surface area (Å²) >= 11 is 0. The fourth-order valence-corrected chi connectivity index (χ4v) is 3.45. The molecule has 0 radical (unpaired) electrons. The van der Waals surface area contributed by atoms with E-state index in [4.69, 9.17) is 18.6 Å². The van der Waals surface area contributed by atoms with Crippen LogP contribution in [0.1, 0.15) is 23.6 Å². The molecule has 1 atom stereocenters. The third-order valence-electron chi connectivity index (χ3n) is 5.01. The highest BCUT2D eigenvalue weighted by molar-refractivity contribution is 5.79. The minimum atomic E-state index is -0.829. The van der Waals surface area contributed by atoms with Crippen LogP contribution in [0, 0.1) is 13.8 Å². The molecule has 0 spiro atoms. The van der Waals surface area contributed by atoms with Crippen LogP contribution < -0.4 is 14.9 Å². The lowest BCUT2D eigenvalue weighted by atomic mass is 10.1. The first kappa shape index (κ1) is 22.1. The Hall–Kier alpha value is -4.06. The summed E-state index contributed by atoms with van der Waals surface area (Å²) in [7, 11) is 0. The Morgan fingerprint density at radius 2 is 1.67 bits per heavy atom. The second kappa shape index (κ2) is 9.61. The van der Waals surface area contributed by atoms with Crippen molar-refractivity contribution in [2.45, 2.75) is 33.5 Å². The molecule has 0 N–H and O–H groups in total. The molecule has 3 aromatic carbocycles. The second-order valence-corrected chi connectivity index (χ2v) is 7.87. The second-order valence-electron chi connectivity index (χ2n) is 7.87. The summed E-state index contributed by atoms with van der Waals surface area (Å²) in [6, 6.07) is 19.9. The van der Waals surface area contributed by atoms with Crippen LogP contribution in [0.3, 0.4) is 0 Å². The van der Waals surface area contributed by atoms with Gasteiger partial charge in [-0.2, -0.15) is 0 Å². The number of aryl methyl sites for hydroxylation is 2. The van der Waals surface area contributed by atoms with E-state index in [2.05, 4.69) is 0 Å². The molecule has 6 nitrogen and oxygen atoms in total. The Kier molecular flexibility index (Phi) is 6.45. The van der Waals surface area contributed by atoms with E-state index in [0.29, 0.717) is 22.5 Å². The van der Waals surface area contributed by atoms with Gasteiger partial charge in [-0.05, 0) is 61.7 Å². The largest absolute Gasteiger partial charge is 0.479 e. The highest BCUT2D eigenvalue weighted by atomic mass is 16.6. The molecule has 0 bridgehead atoms. The maximum Gasteiger partial charge on any atom is 0.347 e. The summed E-state index contributed by atoms with van der Waals surface area (Å²) in [4.78, 5) is 25.1. The van der Waals surface area contributed by atoms with Crippen molar-refractivity contribution in [1.29, 1.82) is 0 Å². The first-order chi connectivity index (χ1) is 15.9. The normalized spacial score (nSPS) is 11.7. The molecule has 0 aliphatic carbocycles. The van der Waals surface area contributed by atoms with Crippen LogP contribution in [0.25, 0.3) is 11.0 Å². The van der Waals surface area contributed by atoms with Crippen molar-refractivity contribution in [3.63, 3.8) is 0 Å². The summed E-state index contributed by atoms with van der Waals surface area (Å²) in [5, 5.41) is 0.350. The molecule has 6 heteroatoms. The molecule has 0 saturated carbocycles. The van der Waals surface area contributed by atoms with Gasteiger partial charge in [0.05, 0.1) is 5.39 Å². The first-order valence-corrected chi connectivity index (χ1v) is 10.6. The number of rotatable bonds is 7. The predicted octanol–water partition coefficient (Wildman–Crippen LogP) is 5.71. The van der Waals surface area contributed by atoms with Crippen molar-refractivity contribution >= 4 is 16.9 Å². The summed E-state index contributed by atoms with van der Waals surface area (Å²) in [6.07, 6.45) is 0.453. The summed E-state index contributed by atoms with van der Waals surface area (Å²) in [5.74, 6) is 0.566. The zero-order valence-electron chi connectivity index (χ0n) is 18.7. The van der Waals surface area contributed by atoms with Gasteiger partial charge in [-0.1, -0.05) is 36.4 Å². The average Bonchev–Trinajstić information content (AvgIpc) is 2.79. The van der Waals surface area contributed by atoms with E-state index in [1.54, 1.807) is 25.1 Å². The highest BCUT2D eigenvalue weighted by Crippen LogP contribution is 2.26. The quantitative estimate of drug-likeness (QED) is 0.340. The van der Waals surface area contributed by atoms with E-state index in [-0.39, 0.29) is 17.8 Å². The number of ether oxygens (including phenoxy) is 3. The summed E-state index contributed by atoms with van der Waals surface area (Å²) < 4.78 is 22.4. The average molecular weight is 444 g/mol. The molecule has 0 amide bonds. The van der Waals surface area contributed by atoms with Gasteiger partial charge in [0.15, 0.2) is 6.10 Å². The number of carbonyl (C=O) groups is 1. The topological polar surface area (TPSA) is 75.0 Å². The van der Waals surface area contributed by atoms with Crippen molar-refractivity contribution in [1.82, 2.24) is 0 Å². The number of hydrogen-bond acceptors (Lipinski definition) is 6. The smallest absolute Gasteiger partial charge is 0.347 e. The van der Waals surface area contributed by atoms with Gasteiger partial charge in [0.1, 0.15) is 30.0 Å². The highest BCUT2D eigenvalue weighted by Gasteiger charge is 2.18. The Balaban J connectivity index is 1.46. The molecule has 168 valence electrons. The summed E-state index contributed by atoms with van der Waals surface area (Å²) in [6.45, 7) is 5.70. The van der Waals surface area contributed by atoms with Crippen molar-refractivity contribution < 1.29 is 23.4 Å². The SMILES string of the molecule is Cc1cc(C)cc(Oc2coc3cc(OC(C)C(=O)OCc4ccccc4)ccc3c2=O)c1. The first-order valence-electron chi connectivity index (χ1n) is 10.6. The van der Waals surface area contributed by atoms with Crippen LogP contribution in [0.5, 0.6) is 17.2 Å². The lowest BCUT2D eigenvalue weighted by Gasteiger charge is -2.14. The Morgan fingerprint density at radius 1 is 0.939 bits per heavy atom. The molecule has 1 aromatic heterocycles. The van der Waals surface area contributed by atoms with Crippen LogP contribution in [0.4, 0.5) is 0 Å². The molecule has 0 saturated heterocycles. The monoisotopic (exact) mass is 444 g/mol. The van der Waals surface area contributed by atoms with Crippen LogP contribution in [0.2, 0.25) is 0 Å². The number of fused-ring (bicyclic) bond motifs is 1. The molecule has 0 aliphatic heterocycles. The van der Waals surface area contributed by atoms with E-state index in [1.807, 2.05) is 62.4 Å². The van der Waals surface area contributed by atoms with Gasteiger partial charge in [-0.15, -0.1) is 0 Å². The summed E-state index contributed by atoms with van der Waals surface area (Å²) in [5.41, 5.74) is 3.00. The third-order valence-corrected chi connectivity index (χ3v) is 5.01. The minimum Gasteiger partial charge on any atom is -0.479 e. The lowest BCUT2D eigenvalue weighted by molar-refractivity contribution is -0.152. The number of hydrogen-bond donors (Lipinski definition) is 0. The Labute approximate surface area is 191 Å². The molecule has 33 heavy (non-hydrogen) atoms. The standard InChI is InChI=1S/C27H24O6/c1-17-11-18(2)13-22(12-17)33-25-16-30-24-14-21(9-10-23(24)26(25)28)32-19(3)27(29)31-15-20-7-5-4-6-8-20/h4-14,16,19H,15H2,1-3H3. The van der Waals surface area contributed by atoms with Gasteiger partial charge in [-0.3, -0.25) is 4.79 Å². The zero-order chi connectivity index (χ0) is 23.4. The number of benzene rings is 3. The van der Waals surface area contributed by atoms with E-state index in [0.717, 1.165) is 16.7 Å². The molecule has 4 aromatic rings. The van der Waals surface area contributed by atoms with Crippen molar-refractivity contribution in [3.8, 4) is 17.2 Å². The maximum atomic E-state index is 12.9.